The summed E-state index contributed by atoms with van der Waals surface area (Å²) in [7, 11) is 0. The third-order valence-electron chi connectivity index (χ3n) is 5.05. The molecule has 1 aliphatic heterocycles. The van der Waals surface area contributed by atoms with Crippen LogP contribution in [0.1, 0.15) is 34.1 Å². The fourth-order valence-corrected chi connectivity index (χ4v) is 3.52. The van der Waals surface area contributed by atoms with Gasteiger partial charge in [0, 0.05) is 24.8 Å². The minimum Gasteiger partial charge on any atom is -0.339 e. The van der Waals surface area contributed by atoms with E-state index in [9.17, 15) is 9.59 Å². The summed E-state index contributed by atoms with van der Waals surface area (Å²) in [5, 5.41) is 5.65. The maximum absolute atomic E-state index is 13.0. The molecule has 3 amide bonds. The normalized spacial score (nSPS) is 18.2. The smallest absolute Gasteiger partial charge is 0.319 e. The van der Waals surface area contributed by atoms with Gasteiger partial charge >= 0.3 is 6.03 Å². The summed E-state index contributed by atoms with van der Waals surface area (Å²) in [5.74, 6) is 0.0365. The Labute approximate surface area is 156 Å². The van der Waals surface area contributed by atoms with Crippen molar-refractivity contribution in [3.8, 4) is 0 Å². The Balaban J connectivity index is 1.96. The van der Waals surface area contributed by atoms with E-state index in [2.05, 4.69) is 29.4 Å². The Bertz CT molecular complexity index is 587. The standard InChI is InChI=1S/C20H32N4O2/c1-5-23(6-2)17-12-13-24(14-17)19(25)18(15(3)4)22-20(26)21-16-10-8-7-9-11-16/h7-11,15,17-18H,5-6,12-14H2,1-4H3,(H2,21,22,26). The van der Waals surface area contributed by atoms with Gasteiger partial charge in [0.1, 0.15) is 6.04 Å². The molecule has 0 bridgehead atoms. The van der Waals surface area contributed by atoms with Gasteiger partial charge in [-0.25, -0.2) is 4.79 Å². The van der Waals surface area contributed by atoms with Gasteiger partial charge in [0.15, 0.2) is 0 Å². The number of hydrogen-bond acceptors (Lipinski definition) is 3. The van der Waals surface area contributed by atoms with Crippen LogP contribution in [0.2, 0.25) is 0 Å². The number of rotatable bonds is 7. The lowest BCUT2D eigenvalue weighted by Crippen LogP contribution is -2.52. The first kappa shape index (κ1) is 20.2. The molecule has 1 aromatic rings. The van der Waals surface area contributed by atoms with Crippen LogP contribution in [0.25, 0.3) is 0 Å². The molecule has 1 aliphatic rings. The number of carbonyl (C=O) groups is 2. The van der Waals surface area contributed by atoms with Crippen LogP contribution in [-0.4, -0.2) is 60.0 Å². The van der Waals surface area contributed by atoms with Crippen LogP contribution in [0, 0.1) is 5.92 Å². The zero-order chi connectivity index (χ0) is 19.1. The molecule has 2 N–H and O–H groups in total. The molecule has 144 valence electrons. The minimum atomic E-state index is -0.519. The van der Waals surface area contributed by atoms with Crippen molar-refractivity contribution < 1.29 is 9.59 Å². The Morgan fingerprint density at radius 1 is 1.19 bits per heavy atom. The molecule has 1 aromatic carbocycles. The minimum absolute atomic E-state index is 0.0119. The molecule has 26 heavy (non-hydrogen) atoms. The van der Waals surface area contributed by atoms with Gasteiger partial charge in [-0.15, -0.1) is 0 Å². The number of carbonyl (C=O) groups excluding carboxylic acids is 2. The second kappa shape index (κ2) is 9.57. The van der Waals surface area contributed by atoms with E-state index in [-0.39, 0.29) is 17.9 Å². The average molecular weight is 361 g/mol. The number of para-hydroxylation sites is 1. The highest BCUT2D eigenvalue weighted by molar-refractivity contribution is 5.93. The van der Waals surface area contributed by atoms with Crippen LogP contribution in [0.4, 0.5) is 10.5 Å². The quantitative estimate of drug-likeness (QED) is 0.786. The predicted molar refractivity (Wildman–Crippen MR) is 105 cm³/mol. The van der Waals surface area contributed by atoms with Crippen LogP contribution >= 0.6 is 0 Å². The van der Waals surface area contributed by atoms with Crippen molar-refractivity contribution in [2.45, 2.75) is 46.2 Å². The van der Waals surface area contributed by atoms with Crippen molar-refractivity contribution in [1.82, 2.24) is 15.1 Å². The molecule has 0 aliphatic carbocycles. The van der Waals surface area contributed by atoms with Crippen molar-refractivity contribution in [1.29, 1.82) is 0 Å². The maximum Gasteiger partial charge on any atom is 0.319 e. The maximum atomic E-state index is 13.0. The van der Waals surface area contributed by atoms with E-state index in [1.165, 1.54) is 0 Å². The van der Waals surface area contributed by atoms with E-state index < -0.39 is 6.04 Å². The molecule has 0 radical (unpaired) electrons. The highest BCUT2D eigenvalue weighted by Crippen LogP contribution is 2.18. The van der Waals surface area contributed by atoms with Gasteiger partial charge in [0.05, 0.1) is 0 Å². The average Bonchev–Trinajstić information content (AvgIpc) is 3.11. The Morgan fingerprint density at radius 3 is 2.42 bits per heavy atom. The number of likely N-dealkylation sites (tertiary alicyclic amines) is 1. The number of nitrogens with one attached hydrogen (secondary N) is 2. The predicted octanol–water partition coefficient (Wildman–Crippen LogP) is 2.78. The third kappa shape index (κ3) is 5.21. The van der Waals surface area contributed by atoms with E-state index >= 15 is 0 Å². The van der Waals surface area contributed by atoms with Crippen LogP contribution in [0.15, 0.2) is 30.3 Å². The van der Waals surface area contributed by atoms with E-state index in [0.717, 1.165) is 32.6 Å². The van der Waals surface area contributed by atoms with Gasteiger partial charge in [-0.1, -0.05) is 45.9 Å². The van der Waals surface area contributed by atoms with Gasteiger partial charge in [-0.3, -0.25) is 9.69 Å². The molecule has 2 atom stereocenters. The molecular formula is C20H32N4O2. The van der Waals surface area contributed by atoms with Crippen LogP contribution in [-0.2, 0) is 4.79 Å². The number of benzene rings is 1. The van der Waals surface area contributed by atoms with E-state index in [1.807, 2.05) is 49.1 Å². The van der Waals surface area contributed by atoms with Gasteiger partial charge in [-0.05, 0) is 37.6 Å². The SMILES string of the molecule is CCN(CC)C1CCN(C(=O)C(NC(=O)Nc2ccccc2)C(C)C)C1. The first-order chi connectivity index (χ1) is 12.5. The van der Waals surface area contributed by atoms with E-state index in [1.54, 1.807) is 0 Å². The number of hydrogen-bond donors (Lipinski definition) is 2. The molecule has 6 nitrogen and oxygen atoms in total. The van der Waals surface area contributed by atoms with E-state index in [4.69, 9.17) is 0 Å². The summed E-state index contributed by atoms with van der Waals surface area (Å²) < 4.78 is 0. The summed E-state index contributed by atoms with van der Waals surface area (Å²) in [6.45, 7) is 11.7. The Kier molecular flexibility index (Phi) is 7.45. The molecule has 0 aromatic heterocycles. The van der Waals surface area contributed by atoms with Gasteiger partial charge in [-0.2, -0.15) is 0 Å². The third-order valence-corrected chi connectivity index (χ3v) is 5.05. The van der Waals surface area contributed by atoms with Crippen LogP contribution in [0.3, 0.4) is 0 Å². The molecule has 6 heteroatoms. The lowest BCUT2D eigenvalue weighted by atomic mass is 10.0. The molecule has 1 saturated heterocycles. The van der Waals surface area contributed by atoms with E-state index in [0.29, 0.717) is 11.7 Å². The van der Waals surface area contributed by atoms with Crippen molar-refractivity contribution in [3.05, 3.63) is 30.3 Å². The summed E-state index contributed by atoms with van der Waals surface area (Å²) in [5.41, 5.74) is 0.711. The number of nitrogens with zero attached hydrogens (tertiary/aromatic N) is 2. The number of urea groups is 1. The first-order valence-corrected chi connectivity index (χ1v) is 9.61. The number of likely N-dealkylation sites (N-methyl/N-ethyl adjacent to an activating group) is 1. The molecular weight excluding hydrogens is 328 g/mol. The molecule has 1 fully saturated rings. The van der Waals surface area contributed by atoms with Crippen molar-refractivity contribution >= 4 is 17.6 Å². The fourth-order valence-electron chi connectivity index (χ4n) is 3.52. The Morgan fingerprint density at radius 2 is 1.85 bits per heavy atom. The summed E-state index contributed by atoms with van der Waals surface area (Å²) in [6, 6.07) is 8.80. The second-order valence-electron chi connectivity index (χ2n) is 7.13. The zero-order valence-electron chi connectivity index (χ0n) is 16.4. The van der Waals surface area contributed by atoms with Crippen molar-refractivity contribution in [2.24, 2.45) is 5.92 Å². The summed E-state index contributed by atoms with van der Waals surface area (Å²) in [4.78, 5) is 29.6. The molecule has 0 saturated carbocycles. The molecule has 2 unspecified atom stereocenters. The lowest BCUT2D eigenvalue weighted by Gasteiger charge is -2.29. The highest BCUT2D eigenvalue weighted by atomic mass is 16.2. The van der Waals surface area contributed by atoms with Crippen LogP contribution < -0.4 is 10.6 Å². The molecule has 2 rings (SSSR count). The molecule has 1 heterocycles. The first-order valence-electron chi connectivity index (χ1n) is 9.61. The number of anilines is 1. The zero-order valence-corrected chi connectivity index (χ0v) is 16.4. The summed E-state index contributed by atoms with van der Waals surface area (Å²) >= 11 is 0. The fraction of sp³-hybridized carbons (Fsp3) is 0.600. The van der Waals surface area contributed by atoms with Gasteiger partial charge < -0.3 is 15.5 Å². The lowest BCUT2D eigenvalue weighted by molar-refractivity contribution is -0.133. The van der Waals surface area contributed by atoms with Crippen molar-refractivity contribution in [3.63, 3.8) is 0 Å². The second-order valence-corrected chi connectivity index (χ2v) is 7.13. The summed E-state index contributed by atoms with van der Waals surface area (Å²) in [6.07, 6.45) is 0.994. The number of amides is 3. The van der Waals surface area contributed by atoms with Crippen molar-refractivity contribution in [2.75, 3.05) is 31.5 Å². The molecule has 0 spiro atoms. The van der Waals surface area contributed by atoms with Gasteiger partial charge in [0.2, 0.25) is 5.91 Å². The van der Waals surface area contributed by atoms with Crippen LogP contribution in [0.5, 0.6) is 0 Å². The highest BCUT2D eigenvalue weighted by Gasteiger charge is 2.34. The monoisotopic (exact) mass is 360 g/mol. The largest absolute Gasteiger partial charge is 0.339 e. The van der Waals surface area contributed by atoms with Gasteiger partial charge in [0.25, 0.3) is 0 Å². The Hall–Kier alpha value is -2.08. The topological polar surface area (TPSA) is 64.7 Å².